The number of benzene rings is 3. The van der Waals surface area contributed by atoms with Gasteiger partial charge in [-0.2, -0.15) is 4.31 Å². The lowest BCUT2D eigenvalue weighted by Crippen LogP contribution is -2.51. The number of hydrogen-bond acceptors (Lipinski definition) is 4. The second-order valence-electron chi connectivity index (χ2n) is 8.10. The molecule has 1 fully saturated rings. The summed E-state index contributed by atoms with van der Waals surface area (Å²) in [6.07, 6.45) is 0. The van der Waals surface area contributed by atoms with E-state index in [0.29, 0.717) is 31.7 Å². The molecule has 1 saturated heterocycles. The number of hydrogen-bond donors (Lipinski definition) is 1. The number of carbonyl (C=O) groups is 1. The van der Waals surface area contributed by atoms with Gasteiger partial charge in [0.1, 0.15) is 0 Å². The molecule has 0 aromatic heterocycles. The first kappa shape index (κ1) is 23.2. The minimum absolute atomic E-state index is 0.0856. The minimum Gasteiger partial charge on any atom is -0.351 e. The number of piperazine rings is 1. The molecule has 1 aliphatic rings. The summed E-state index contributed by atoms with van der Waals surface area (Å²) >= 11 is 0. The normalized spacial score (nSPS) is 15.4. The van der Waals surface area contributed by atoms with E-state index >= 15 is 0 Å². The molecule has 0 aliphatic carbocycles. The van der Waals surface area contributed by atoms with Gasteiger partial charge in [-0.15, -0.1) is 0 Å². The highest BCUT2D eigenvalue weighted by Crippen LogP contribution is 2.29. The summed E-state index contributed by atoms with van der Waals surface area (Å²) in [5, 5.41) is 2.71. The van der Waals surface area contributed by atoms with Gasteiger partial charge in [-0.05, 0) is 23.3 Å². The summed E-state index contributed by atoms with van der Waals surface area (Å²) in [6, 6.07) is 29.5. The van der Waals surface area contributed by atoms with Gasteiger partial charge in [0.25, 0.3) is 5.91 Å². The number of nitrogens with one attached hydrogen (secondary N) is 1. The van der Waals surface area contributed by atoms with E-state index in [-0.39, 0.29) is 24.2 Å². The number of carbonyl (C=O) groups excluding carboxylic acids is 1. The van der Waals surface area contributed by atoms with Crippen molar-refractivity contribution >= 4 is 15.9 Å². The van der Waals surface area contributed by atoms with Crippen LogP contribution in [-0.2, 0) is 10.0 Å². The van der Waals surface area contributed by atoms with Crippen LogP contribution in [0.15, 0.2) is 91.0 Å². The molecule has 3 aromatic rings. The Morgan fingerprint density at radius 1 is 0.758 bits per heavy atom. The minimum atomic E-state index is -3.45. The molecule has 0 saturated carbocycles. The largest absolute Gasteiger partial charge is 0.351 e. The molecule has 7 heteroatoms. The maximum absolute atomic E-state index is 12.9. The monoisotopic (exact) mass is 463 g/mol. The summed E-state index contributed by atoms with van der Waals surface area (Å²) < 4.78 is 27.3. The summed E-state index contributed by atoms with van der Waals surface area (Å²) in [6.45, 7) is 2.25. The molecule has 0 atom stereocenters. The molecule has 4 rings (SSSR count). The van der Waals surface area contributed by atoms with Crippen LogP contribution in [0.25, 0.3) is 0 Å². The molecule has 0 radical (unpaired) electrons. The van der Waals surface area contributed by atoms with Gasteiger partial charge in [0, 0.05) is 38.3 Å². The predicted molar refractivity (Wildman–Crippen MR) is 130 cm³/mol. The zero-order valence-corrected chi connectivity index (χ0v) is 19.3. The number of sulfonamides is 1. The molecule has 1 heterocycles. The first-order chi connectivity index (χ1) is 16.0. The lowest BCUT2D eigenvalue weighted by molar-refractivity contribution is 0.0956. The third-order valence-corrected chi connectivity index (χ3v) is 7.82. The number of nitrogens with zero attached hydrogens (tertiary/aromatic N) is 2. The Morgan fingerprint density at radius 3 is 1.76 bits per heavy atom. The molecule has 1 amide bonds. The topological polar surface area (TPSA) is 69.7 Å². The molecule has 3 aromatic carbocycles. The first-order valence-electron chi connectivity index (χ1n) is 11.2. The van der Waals surface area contributed by atoms with Crippen molar-refractivity contribution in [3.63, 3.8) is 0 Å². The van der Waals surface area contributed by atoms with Crippen LogP contribution >= 0.6 is 0 Å². The van der Waals surface area contributed by atoms with Gasteiger partial charge in [-0.1, -0.05) is 78.9 Å². The van der Waals surface area contributed by atoms with Crippen molar-refractivity contribution in [2.45, 2.75) is 6.04 Å². The Balaban J connectivity index is 1.36. The average molecular weight is 464 g/mol. The van der Waals surface area contributed by atoms with Crippen LogP contribution in [0.2, 0.25) is 0 Å². The van der Waals surface area contributed by atoms with Gasteiger partial charge in [0.2, 0.25) is 10.0 Å². The Labute approximate surface area is 195 Å². The van der Waals surface area contributed by atoms with Crippen LogP contribution in [0.1, 0.15) is 27.5 Å². The second-order valence-corrected chi connectivity index (χ2v) is 10.2. The fourth-order valence-electron chi connectivity index (χ4n) is 4.24. The third-order valence-electron chi connectivity index (χ3n) is 5.94. The highest BCUT2D eigenvalue weighted by Gasteiger charge is 2.31. The van der Waals surface area contributed by atoms with Crippen LogP contribution in [0.4, 0.5) is 0 Å². The van der Waals surface area contributed by atoms with Gasteiger partial charge in [-0.25, -0.2) is 8.42 Å². The van der Waals surface area contributed by atoms with Gasteiger partial charge >= 0.3 is 0 Å². The Kier molecular flexibility index (Phi) is 7.54. The lowest BCUT2D eigenvalue weighted by Gasteiger charge is -2.39. The summed E-state index contributed by atoms with van der Waals surface area (Å²) in [7, 11) is -3.45. The fourth-order valence-corrected chi connectivity index (χ4v) is 5.58. The Bertz CT molecular complexity index is 1090. The van der Waals surface area contributed by atoms with E-state index in [0.717, 1.165) is 0 Å². The van der Waals surface area contributed by atoms with Crippen molar-refractivity contribution in [1.82, 2.24) is 14.5 Å². The van der Waals surface area contributed by atoms with E-state index in [1.54, 1.807) is 28.6 Å². The van der Waals surface area contributed by atoms with Crippen molar-refractivity contribution < 1.29 is 13.2 Å². The number of amides is 1. The van der Waals surface area contributed by atoms with Crippen molar-refractivity contribution in [2.75, 3.05) is 38.5 Å². The van der Waals surface area contributed by atoms with E-state index in [9.17, 15) is 13.2 Å². The van der Waals surface area contributed by atoms with E-state index in [1.807, 2.05) is 42.5 Å². The zero-order valence-electron chi connectivity index (χ0n) is 18.5. The summed E-state index contributed by atoms with van der Waals surface area (Å²) in [5.41, 5.74) is 2.92. The SMILES string of the molecule is O=C(NCCS(=O)(=O)N1CCN(C(c2ccccc2)c2ccccc2)CC1)c1ccccc1. The molecular weight excluding hydrogens is 434 g/mol. The highest BCUT2D eigenvalue weighted by molar-refractivity contribution is 7.89. The van der Waals surface area contributed by atoms with Crippen molar-refractivity contribution in [2.24, 2.45) is 0 Å². The zero-order chi connectivity index (χ0) is 23.1. The van der Waals surface area contributed by atoms with Gasteiger partial charge in [0.15, 0.2) is 0 Å². The molecule has 6 nitrogen and oxygen atoms in total. The standard InChI is InChI=1S/C26H29N3O3S/c30-26(24-14-8-3-9-15-24)27-16-21-33(31,32)29-19-17-28(18-20-29)25(22-10-4-1-5-11-22)23-12-6-2-7-13-23/h1-15,25H,16-21H2,(H,27,30). The van der Waals surface area contributed by atoms with Gasteiger partial charge in [-0.3, -0.25) is 9.69 Å². The molecule has 1 N–H and O–H groups in total. The molecule has 0 bridgehead atoms. The highest BCUT2D eigenvalue weighted by atomic mass is 32.2. The van der Waals surface area contributed by atoms with E-state index < -0.39 is 10.0 Å². The first-order valence-corrected chi connectivity index (χ1v) is 12.8. The molecule has 172 valence electrons. The van der Waals surface area contributed by atoms with Crippen molar-refractivity contribution in [1.29, 1.82) is 0 Å². The van der Waals surface area contributed by atoms with Crippen LogP contribution in [-0.4, -0.2) is 62.0 Å². The Hall–Kier alpha value is -3.00. The molecule has 0 unspecified atom stereocenters. The van der Waals surface area contributed by atoms with Crippen molar-refractivity contribution in [3.8, 4) is 0 Å². The molecule has 0 spiro atoms. The fraction of sp³-hybridized carbons (Fsp3) is 0.269. The average Bonchev–Trinajstić information content (AvgIpc) is 2.86. The number of rotatable bonds is 8. The summed E-state index contributed by atoms with van der Waals surface area (Å²) in [4.78, 5) is 14.5. The lowest BCUT2D eigenvalue weighted by atomic mass is 9.96. The molecule has 1 aliphatic heterocycles. The Morgan fingerprint density at radius 2 is 1.24 bits per heavy atom. The van der Waals surface area contributed by atoms with E-state index in [1.165, 1.54) is 11.1 Å². The maximum atomic E-state index is 12.9. The quantitative estimate of drug-likeness (QED) is 0.557. The van der Waals surface area contributed by atoms with Crippen LogP contribution < -0.4 is 5.32 Å². The third kappa shape index (κ3) is 5.87. The van der Waals surface area contributed by atoms with E-state index in [2.05, 4.69) is 34.5 Å². The van der Waals surface area contributed by atoms with Crippen molar-refractivity contribution in [3.05, 3.63) is 108 Å². The van der Waals surface area contributed by atoms with Crippen LogP contribution in [0.3, 0.4) is 0 Å². The van der Waals surface area contributed by atoms with Crippen LogP contribution in [0, 0.1) is 0 Å². The molecule has 33 heavy (non-hydrogen) atoms. The second kappa shape index (κ2) is 10.7. The van der Waals surface area contributed by atoms with Gasteiger partial charge in [0.05, 0.1) is 11.8 Å². The smallest absolute Gasteiger partial charge is 0.251 e. The predicted octanol–water partition coefficient (Wildman–Crippen LogP) is 3.15. The van der Waals surface area contributed by atoms with Gasteiger partial charge < -0.3 is 5.32 Å². The maximum Gasteiger partial charge on any atom is 0.251 e. The van der Waals surface area contributed by atoms with Crippen LogP contribution in [0.5, 0.6) is 0 Å². The van der Waals surface area contributed by atoms with E-state index in [4.69, 9.17) is 0 Å². The molecular formula is C26H29N3O3S. The summed E-state index contributed by atoms with van der Waals surface area (Å²) in [5.74, 6) is -0.365.